The van der Waals surface area contributed by atoms with Gasteiger partial charge in [-0.05, 0) is 86.3 Å². The van der Waals surface area contributed by atoms with Gasteiger partial charge in [0.05, 0.1) is 12.7 Å². The molecule has 1 aromatic carbocycles. The van der Waals surface area contributed by atoms with Gasteiger partial charge in [0.2, 0.25) is 0 Å². The molecule has 0 saturated heterocycles. The van der Waals surface area contributed by atoms with E-state index in [-0.39, 0.29) is 17.2 Å². The minimum atomic E-state index is -1.80. The number of alkyl halides is 1. The van der Waals surface area contributed by atoms with Crippen LogP contribution in [-0.4, -0.2) is 85.7 Å². The molecule has 8 atom stereocenters. The third-order valence-electron chi connectivity index (χ3n) is 7.20. The number of esters is 1. The molecule has 1 saturated carbocycles. The molecule has 0 bridgehead atoms. The molecule has 0 spiro atoms. The minimum Gasteiger partial charge on any atom is -0.459 e. The summed E-state index contributed by atoms with van der Waals surface area (Å²) in [6, 6.07) is 8.91. The van der Waals surface area contributed by atoms with Crippen molar-refractivity contribution in [3.8, 4) is 0 Å². The van der Waals surface area contributed by atoms with Crippen LogP contribution < -0.4 is 0 Å². The van der Waals surface area contributed by atoms with Crippen molar-refractivity contribution < 1.29 is 40.2 Å². The molecule has 8 nitrogen and oxygen atoms in total. The van der Waals surface area contributed by atoms with E-state index >= 15 is 0 Å². The van der Waals surface area contributed by atoms with Crippen molar-refractivity contribution in [2.24, 2.45) is 11.8 Å². The molecule has 0 unspecified atom stereocenters. The molecular weight excluding hydrogens is 591 g/mol. The van der Waals surface area contributed by atoms with Crippen LogP contribution in [-0.2, 0) is 17.6 Å². The fraction of sp³-hybridized carbons (Fsp3) is 0.593. The number of hydrogen-bond acceptors (Lipinski definition) is 9. The Morgan fingerprint density at radius 3 is 2.31 bits per heavy atom. The van der Waals surface area contributed by atoms with Crippen molar-refractivity contribution in [3.05, 3.63) is 55.7 Å². The first-order valence-corrected chi connectivity index (χ1v) is 14.9. The van der Waals surface area contributed by atoms with E-state index in [4.69, 9.17) is 44.6 Å². The molecule has 1 aliphatic rings. The average Bonchev–Trinajstić information content (AvgIpc) is 3.47. The molecule has 12 heteroatoms. The van der Waals surface area contributed by atoms with E-state index in [1.807, 2.05) is 18.2 Å². The van der Waals surface area contributed by atoms with E-state index in [1.54, 1.807) is 12.1 Å². The van der Waals surface area contributed by atoms with Crippen LogP contribution >= 0.6 is 46.1 Å². The van der Waals surface area contributed by atoms with Crippen LogP contribution in [0, 0.1) is 11.8 Å². The SMILES string of the molecule is O=C(OC[C@@H](O)[C@H](O)[C@@H](O)[C@@H](O)CO)c1ccc(CCC[C@@H]2[C@@H](CCc3cc(Cl)cc(Cl)c3)[C@H](O)C[C@H]2Cl)s1. The van der Waals surface area contributed by atoms with Gasteiger partial charge in [-0.15, -0.1) is 22.9 Å². The molecule has 6 N–H and O–H groups in total. The van der Waals surface area contributed by atoms with E-state index < -0.39 is 49.7 Å². The van der Waals surface area contributed by atoms with Gasteiger partial charge in [0.1, 0.15) is 35.9 Å². The Morgan fingerprint density at radius 2 is 1.64 bits per heavy atom. The summed E-state index contributed by atoms with van der Waals surface area (Å²) in [5, 5.41) is 59.3. The van der Waals surface area contributed by atoms with Gasteiger partial charge in [-0.3, -0.25) is 0 Å². The minimum absolute atomic E-state index is 0.0675. The van der Waals surface area contributed by atoms with E-state index in [2.05, 4.69) is 0 Å². The number of rotatable bonds is 14. The number of ether oxygens (including phenoxy) is 1. The van der Waals surface area contributed by atoms with Gasteiger partial charge in [0.15, 0.2) is 0 Å². The predicted octanol–water partition coefficient (Wildman–Crippen LogP) is 3.21. The van der Waals surface area contributed by atoms with Crippen molar-refractivity contribution in [2.45, 2.75) is 74.4 Å². The molecule has 39 heavy (non-hydrogen) atoms. The average molecular weight is 626 g/mol. The van der Waals surface area contributed by atoms with E-state index in [1.165, 1.54) is 11.3 Å². The topological polar surface area (TPSA) is 148 Å². The van der Waals surface area contributed by atoms with E-state index in [0.29, 0.717) is 21.3 Å². The molecule has 2 aromatic rings. The standard InChI is InChI=1S/C27H35Cl3O8S/c28-15-8-14(9-16(29)10-15)4-6-19-18(20(30)11-21(19)32)3-1-2-17-5-7-24(39-17)27(37)38-13-23(34)26(36)25(35)22(33)12-31/h5,7-10,18-23,25-26,31-36H,1-4,6,11-13H2/t18-,19-,20-,21-,22+,23-,25+,26+/m1/s1. The number of carbonyl (C=O) groups is 1. The van der Waals surface area contributed by atoms with Gasteiger partial charge in [0.25, 0.3) is 0 Å². The molecule has 0 aliphatic heterocycles. The first kappa shape index (κ1) is 32.5. The normalized spacial score (nSPS) is 24.3. The molecule has 0 radical (unpaired) electrons. The summed E-state index contributed by atoms with van der Waals surface area (Å²) < 4.78 is 5.04. The number of aliphatic hydroxyl groups excluding tert-OH is 6. The monoisotopic (exact) mass is 624 g/mol. The van der Waals surface area contributed by atoms with Crippen LogP contribution in [0.5, 0.6) is 0 Å². The van der Waals surface area contributed by atoms with Gasteiger partial charge < -0.3 is 35.4 Å². The van der Waals surface area contributed by atoms with Gasteiger partial charge in [-0.1, -0.05) is 23.2 Å². The lowest BCUT2D eigenvalue weighted by Crippen LogP contribution is -2.47. The highest BCUT2D eigenvalue weighted by Gasteiger charge is 2.40. The second-order valence-electron chi connectivity index (χ2n) is 10.0. The molecule has 0 amide bonds. The van der Waals surface area contributed by atoms with Gasteiger partial charge in [-0.25, -0.2) is 4.79 Å². The predicted molar refractivity (Wildman–Crippen MR) is 151 cm³/mol. The summed E-state index contributed by atoms with van der Waals surface area (Å²) in [6.45, 7) is -1.39. The third-order valence-corrected chi connectivity index (χ3v) is 9.26. The Labute approximate surface area is 246 Å². The number of hydrogen-bond donors (Lipinski definition) is 6. The molecule has 1 aliphatic carbocycles. The van der Waals surface area contributed by atoms with Crippen LogP contribution in [0.15, 0.2) is 30.3 Å². The summed E-state index contributed by atoms with van der Waals surface area (Å²) >= 11 is 20.1. The van der Waals surface area contributed by atoms with Crippen molar-refractivity contribution >= 4 is 52.1 Å². The van der Waals surface area contributed by atoms with Crippen LogP contribution in [0.1, 0.15) is 45.8 Å². The summed E-state index contributed by atoms with van der Waals surface area (Å²) in [5.41, 5.74) is 1.02. The number of halogens is 3. The Balaban J connectivity index is 1.46. The van der Waals surface area contributed by atoms with Crippen molar-refractivity contribution in [1.82, 2.24) is 0 Å². The highest BCUT2D eigenvalue weighted by molar-refractivity contribution is 7.13. The number of thiophene rings is 1. The summed E-state index contributed by atoms with van der Waals surface area (Å²) in [4.78, 5) is 13.7. The van der Waals surface area contributed by atoms with Crippen molar-refractivity contribution in [1.29, 1.82) is 0 Å². The highest BCUT2D eigenvalue weighted by atomic mass is 35.5. The molecule has 218 valence electrons. The summed E-state index contributed by atoms with van der Waals surface area (Å²) in [6.07, 6.45) is -2.88. The second-order valence-corrected chi connectivity index (χ2v) is 12.6. The quantitative estimate of drug-likeness (QED) is 0.139. The van der Waals surface area contributed by atoms with Gasteiger partial charge >= 0.3 is 5.97 Å². The van der Waals surface area contributed by atoms with E-state index in [0.717, 1.165) is 42.5 Å². The van der Waals surface area contributed by atoms with Crippen LogP contribution in [0.3, 0.4) is 0 Å². The zero-order valence-electron chi connectivity index (χ0n) is 21.2. The number of benzene rings is 1. The Bertz CT molecular complexity index is 1050. The lowest BCUT2D eigenvalue weighted by molar-refractivity contribution is -0.124. The fourth-order valence-electron chi connectivity index (χ4n) is 5.05. The number of aliphatic hydroxyl groups is 6. The maximum Gasteiger partial charge on any atom is 0.348 e. The second kappa shape index (κ2) is 15.3. The molecule has 1 heterocycles. The highest BCUT2D eigenvalue weighted by Crippen LogP contribution is 2.42. The maximum absolute atomic E-state index is 12.4. The van der Waals surface area contributed by atoms with Crippen LogP contribution in [0.2, 0.25) is 10.0 Å². The third kappa shape index (κ3) is 9.26. The molecule has 3 rings (SSSR count). The summed E-state index contributed by atoms with van der Waals surface area (Å²) in [5.74, 6) is -0.457. The maximum atomic E-state index is 12.4. The molecule has 1 aromatic heterocycles. The largest absolute Gasteiger partial charge is 0.459 e. The zero-order chi connectivity index (χ0) is 28.7. The van der Waals surface area contributed by atoms with Crippen LogP contribution in [0.4, 0.5) is 0 Å². The van der Waals surface area contributed by atoms with E-state index in [9.17, 15) is 30.3 Å². The van der Waals surface area contributed by atoms with Gasteiger partial charge in [-0.2, -0.15) is 0 Å². The van der Waals surface area contributed by atoms with Crippen molar-refractivity contribution in [3.63, 3.8) is 0 Å². The fourth-order valence-corrected chi connectivity index (χ4v) is 7.06. The lowest BCUT2D eigenvalue weighted by Gasteiger charge is -2.25. The smallest absolute Gasteiger partial charge is 0.348 e. The Hall–Kier alpha value is -0.980. The first-order valence-electron chi connectivity index (χ1n) is 12.9. The van der Waals surface area contributed by atoms with Crippen LogP contribution in [0.25, 0.3) is 0 Å². The number of aryl methyl sites for hydroxylation is 2. The molecular formula is C27H35Cl3O8S. The van der Waals surface area contributed by atoms with Gasteiger partial charge in [0, 0.05) is 20.3 Å². The van der Waals surface area contributed by atoms with Crippen molar-refractivity contribution in [2.75, 3.05) is 13.2 Å². The Kier molecular flexibility index (Phi) is 12.8. The summed E-state index contributed by atoms with van der Waals surface area (Å²) in [7, 11) is 0. The lowest BCUT2D eigenvalue weighted by atomic mass is 9.85. The Morgan fingerprint density at radius 1 is 0.974 bits per heavy atom. The first-order chi connectivity index (χ1) is 18.5. The number of carbonyl (C=O) groups excluding carboxylic acids is 1. The zero-order valence-corrected chi connectivity index (χ0v) is 24.3. The molecule has 1 fully saturated rings.